The Morgan fingerprint density at radius 3 is 2.80 bits per heavy atom. The van der Waals surface area contributed by atoms with Crippen LogP contribution < -0.4 is 10.2 Å². The third-order valence-electron chi connectivity index (χ3n) is 2.85. The number of nitrogens with zero attached hydrogens (tertiary/aromatic N) is 1. The number of carbonyl (C=O) groups is 1. The van der Waals surface area contributed by atoms with Gasteiger partial charge in [-0.1, -0.05) is 6.07 Å². The summed E-state index contributed by atoms with van der Waals surface area (Å²) in [6.45, 7) is 3.95. The molecule has 1 amide bonds. The second kappa shape index (κ2) is 6.34. The van der Waals surface area contributed by atoms with Gasteiger partial charge in [0, 0.05) is 4.88 Å². The Labute approximate surface area is 122 Å². The van der Waals surface area contributed by atoms with Gasteiger partial charge in [0.2, 0.25) is 0 Å². The van der Waals surface area contributed by atoms with Crippen molar-refractivity contribution in [2.75, 3.05) is 7.11 Å². The van der Waals surface area contributed by atoms with Crippen LogP contribution in [0.5, 0.6) is 5.75 Å². The van der Waals surface area contributed by atoms with Crippen molar-refractivity contribution in [3.63, 3.8) is 0 Å². The molecule has 1 heterocycles. The maximum atomic E-state index is 12.0. The van der Waals surface area contributed by atoms with Crippen LogP contribution in [0.4, 0.5) is 0 Å². The van der Waals surface area contributed by atoms with Crippen molar-refractivity contribution >= 4 is 23.5 Å². The van der Waals surface area contributed by atoms with Crippen molar-refractivity contribution in [2.45, 2.75) is 13.8 Å². The fourth-order valence-electron chi connectivity index (χ4n) is 1.71. The molecular weight excluding hydrogens is 272 g/mol. The summed E-state index contributed by atoms with van der Waals surface area (Å²) < 4.78 is 5.21. The normalized spacial score (nSPS) is 10.8. The van der Waals surface area contributed by atoms with Crippen LogP contribution >= 0.6 is 11.3 Å². The summed E-state index contributed by atoms with van der Waals surface area (Å²) >= 11 is 1.58. The third kappa shape index (κ3) is 3.24. The highest BCUT2D eigenvalue weighted by Crippen LogP contribution is 2.19. The average molecular weight is 288 g/mol. The van der Waals surface area contributed by atoms with E-state index in [4.69, 9.17) is 4.74 Å². The van der Waals surface area contributed by atoms with Crippen molar-refractivity contribution in [3.8, 4) is 5.75 Å². The van der Waals surface area contributed by atoms with Gasteiger partial charge in [-0.25, -0.2) is 5.43 Å². The monoisotopic (exact) mass is 288 g/mol. The number of benzene rings is 1. The van der Waals surface area contributed by atoms with Crippen molar-refractivity contribution in [1.82, 2.24) is 5.43 Å². The summed E-state index contributed by atoms with van der Waals surface area (Å²) in [5, 5.41) is 5.97. The number of hydrogen-bond acceptors (Lipinski definition) is 4. The molecule has 1 N–H and O–H groups in total. The molecule has 5 heteroatoms. The lowest BCUT2D eigenvalue weighted by Crippen LogP contribution is -2.18. The lowest BCUT2D eigenvalue weighted by Gasteiger charge is -2.07. The van der Waals surface area contributed by atoms with Gasteiger partial charge in [-0.3, -0.25) is 4.79 Å². The molecule has 0 radical (unpaired) electrons. The van der Waals surface area contributed by atoms with Gasteiger partial charge in [-0.15, -0.1) is 11.3 Å². The fraction of sp³-hybridized carbons (Fsp3) is 0.200. The van der Waals surface area contributed by atoms with Crippen LogP contribution in [0.3, 0.4) is 0 Å². The summed E-state index contributed by atoms with van der Waals surface area (Å²) in [6, 6.07) is 7.43. The molecule has 0 aliphatic heterocycles. The minimum atomic E-state index is -0.285. The number of hydrogen-bond donors (Lipinski definition) is 1. The first-order valence-electron chi connectivity index (χ1n) is 6.14. The molecule has 2 aromatic rings. The van der Waals surface area contributed by atoms with E-state index in [-0.39, 0.29) is 5.91 Å². The molecule has 0 bridgehead atoms. The number of methoxy groups -OCH3 is 1. The van der Waals surface area contributed by atoms with Crippen LogP contribution in [0.2, 0.25) is 0 Å². The molecule has 0 unspecified atom stereocenters. The number of thiophene rings is 1. The predicted octanol–water partition coefficient (Wildman–Crippen LogP) is 3.14. The van der Waals surface area contributed by atoms with Gasteiger partial charge in [0.15, 0.2) is 0 Å². The van der Waals surface area contributed by atoms with Crippen molar-refractivity contribution in [3.05, 3.63) is 51.2 Å². The minimum absolute atomic E-state index is 0.285. The first kappa shape index (κ1) is 14.3. The zero-order chi connectivity index (χ0) is 14.5. The number of rotatable bonds is 4. The summed E-state index contributed by atoms with van der Waals surface area (Å²) in [7, 11) is 1.55. The molecule has 104 valence electrons. The molecule has 0 atom stereocenters. The lowest BCUT2D eigenvalue weighted by atomic mass is 10.1. The highest BCUT2D eigenvalue weighted by Gasteiger charge is 2.11. The third-order valence-corrected chi connectivity index (χ3v) is 3.80. The molecule has 0 saturated heterocycles. The van der Waals surface area contributed by atoms with E-state index in [9.17, 15) is 4.79 Å². The Morgan fingerprint density at radius 2 is 2.15 bits per heavy atom. The average Bonchev–Trinajstić information content (AvgIpc) is 2.84. The topological polar surface area (TPSA) is 50.7 Å². The molecule has 1 aromatic heterocycles. The van der Waals surface area contributed by atoms with Crippen LogP contribution in [-0.2, 0) is 0 Å². The van der Waals surface area contributed by atoms with Crippen LogP contribution in [0.25, 0.3) is 0 Å². The van der Waals surface area contributed by atoms with Gasteiger partial charge in [0.05, 0.1) is 18.9 Å². The maximum absolute atomic E-state index is 12.0. The zero-order valence-electron chi connectivity index (χ0n) is 11.6. The van der Waals surface area contributed by atoms with Crippen molar-refractivity contribution < 1.29 is 9.53 Å². The first-order chi connectivity index (χ1) is 9.61. The number of aryl methyl sites for hydroxylation is 2. The Bertz CT molecular complexity index is 647. The number of nitrogens with one attached hydrogen (secondary N) is 1. The quantitative estimate of drug-likeness (QED) is 0.694. The minimum Gasteiger partial charge on any atom is -0.496 e. The van der Waals surface area contributed by atoms with Gasteiger partial charge in [0.1, 0.15) is 5.75 Å². The summed E-state index contributed by atoms with van der Waals surface area (Å²) in [5.41, 5.74) is 5.16. The Hall–Kier alpha value is -2.14. The van der Waals surface area contributed by atoms with E-state index < -0.39 is 0 Å². The molecule has 0 saturated carbocycles. The van der Waals surface area contributed by atoms with E-state index in [0.717, 1.165) is 16.0 Å². The first-order valence-corrected chi connectivity index (χ1v) is 7.02. The number of amides is 1. The summed E-state index contributed by atoms with van der Waals surface area (Å²) in [6.07, 6.45) is 1.65. The number of hydrazone groups is 1. The van der Waals surface area contributed by atoms with Crippen LogP contribution in [0.1, 0.15) is 26.4 Å². The Kier molecular flexibility index (Phi) is 4.53. The van der Waals surface area contributed by atoms with E-state index >= 15 is 0 Å². The second-order valence-electron chi connectivity index (χ2n) is 4.37. The van der Waals surface area contributed by atoms with E-state index in [1.807, 2.05) is 37.4 Å². The van der Waals surface area contributed by atoms with E-state index in [1.165, 1.54) is 0 Å². The number of carbonyl (C=O) groups excluding carboxylic acids is 1. The largest absolute Gasteiger partial charge is 0.496 e. The van der Waals surface area contributed by atoms with Gasteiger partial charge in [0.25, 0.3) is 5.91 Å². The molecule has 20 heavy (non-hydrogen) atoms. The maximum Gasteiger partial charge on any atom is 0.275 e. The van der Waals surface area contributed by atoms with Gasteiger partial charge in [-0.05, 0) is 48.6 Å². The molecule has 0 aliphatic rings. The van der Waals surface area contributed by atoms with E-state index in [1.54, 1.807) is 30.7 Å². The molecule has 1 aromatic carbocycles. The molecule has 2 rings (SSSR count). The second-order valence-corrected chi connectivity index (χ2v) is 5.32. The van der Waals surface area contributed by atoms with E-state index in [0.29, 0.717) is 11.3 Å². The summed E-state index contributed by atoms with van der Waals surface area (Å²) in [4.78, 5) is 13.1. The molecule has 0 spiro atoms. The van der Waals surface area contributed by atoms with Gasteiger partial charge in [-0.2, -0.15) is 5.10 Å². The van der Waals surface area contributed by atoms with Crippen molar-refractivity contribution in [1.29, 1.82) is 0 Å². The van der Waals surface area contributed by atoms with E-state index in [2.05, 4.69) is 10.5 Å². The lowest BCUT2D eigenvalue weighted by molar-refractivity contribution is 0.0952. The fourth-order valence-corrected chi connectivity index (χ4v) is 2.50. The standard InChI is InChI=1S/C15H16N2O2S/c1-10-4-5-12(13(8-10)19-3)15(18)17-16-9-14-11(2)6-7-20-14/h4-9H,1-3H3,(H,17,18)/b16-9-. The number of ether oxygens (including phenoxy) is 1. The highest BCUT2D eigenvalue weighted by molar-refractivity contribution is 7.11. The molecule has 0 aliphatic carbocycles. The van der Waals surface area contributed by atoms with Crippen LogP contribution in [-0.4, -0.2) is 19.2 Å². The molecule has 0 fully saturated rings. The van der Waals surface area contributed by atoms with Gasteiger partial charge >= 0.3 is 0 Å². The smallest absolute Gasteiger partial charge is 0.275 e. The molecule has 4 nitrogen and oxygen atoms in total. The van der Waals surface area contributed by atoms with Crippen molar-refractivity contribution in [2.24, 2.45) is 5.10 Å². The Morgan fingerprint density at radius 1 is 1.35 bits per heavy atom. The molecular formula is C15H16N2O2S. The Balaban J connectivity index is 2.09. The zero-order valence-corrected chi connectivity index (χ0v) is 12.5. The van der Waals surface area contributed by atoms with Crippen LogP contribution in [0, 0.1) is 13.8 Å². The van der Waals surface area contributed by atoms with Crippen LogP contribution in [0.15, 0.2) is 34.7 Å². The predicted molar refractivity (Wildman–Crippen MR) is 81.8 cm³/mol. The van der Waals surface area contributed by atoms with Gasteiger partial charge < -0.3 is 4.74 Å². The summed E-state index contributed by atoms with van der Waals surface area (Å²) in [5.74, 6) is 0.261. The SMILES string of the molecule is COc1cc(C)ccc1C(=O)N/N=C\c1sccc1C. The highest BCUT2D eigenvalue weighted by atomic mass is 32.1.